The number of hydrogen-bond donors (Lipinski definition) is 0. The Balaban J connectivity index is 1.56. The molecule has 0 saturated heterocycles. The first kappa shape index (κ1) is 21.1. The zero-order valence-electron chi connectivity index (χ0n) is 18.0. The number of aryl methyl sites for hydroxylation is 1. The molecule has 0 saturated carbocycles. The fourth-order valence-corrected chi connectivity index (χ4v) is 3.61. The summed E-state index contributed by atoms with van der Waals surface area (Å²) >= 11 is 0. The lowest BCUT2D eigenvalue weighted by molar-refractivity contribution is 0.119. The van der Waals surface area contributed by atoms with E-state index in [2.05, 4.69) is 63.2 Å². The van der Waals surface area contributed by atoms with Crippen LogP contribution in [0.1, 0.15) is 56.4 Å². The van der Waals surface area contributed by atoms with Gasteiger partial charge in [0, 0.05) is 7.11 Å². The van der Waals surface area contributed by atoms with Crippen LogP contribution >= 0.6 is 0 Å². The van der Waals surface area contributed by atoms with Gasteiger partial charge in [0.15, 0.2) is 0 Å². The highest BCUT2D eigenvalue weighted by atomic mass is 16.5. The minimum absolute atomic E-state index is 0.137. The van der Waals surface area contributed by atoms with Crippen molar-refractivity contribution in [2.45, 2.75) is 51.6 Å². The smallest absolute Gasteiger partial charge is 0.127 e. The van der Waals surface area contributed by atoms with Crippen LogP contribution in [0.5, 0.6) is 11.5 Å². The van der Waals surface area contributed by atoms with E-state index < -0.39 is 0 Å². The highest BCUT2D eigenvalue weighted by Crippen LogP contribution is 2.31. The van der Waals surface area contributed by atoms with Crippen LogP contribution in [0.25, 0.3) is 0 Å². The van der Waals surface area contributed by atoms with E-state index in [0.717, 1.165) is 30.8 Å². The van der Waals surface area contributed by atoms with E-state index in [1.807, 2.05) is 36.4 Å². The van der Waals surface area contributed by atoms with Crippen LogP contribution in [0.4, 0.5) is 0 Å². The number of ether oxygens (including phenoxy) is 2. The van der Waals surface area contributed by atoms with Crippen LogP contribution in [0, 0.1) is 0 Å². The Hall–Kier alpha value is -2.58. The average Bonchev–Trinajstić information content (AvgIpc) is 2.74. The normalized spacial score (nSPS) is 12.6. The summed E-state index contributed by atoms with van der Waals surface area (Å²) in [6.07, 6.45) is 3.46. The van der Waals surface area contributed by atoms with E-state index in [1.54, 1.807) is 7.11 Å². The summed E-state index contributed by atoms with van der Waals surface area (Å²) in [6.45, 7) is 6.74. The van der Waals surface area contributed by atoms with Gasteiger partial charge in [0.1, 0.15) is 11.5 Å². The van der Waals surface area contributed by atoms with Gasteiger partial charge in [-0.3, -0.25) is 0 Å². The second-order valence-corrected chi connectivity index (χ2v) is 8.30. The Morgan fingerprint density at radius 3 is 2.21 bits per heavy atom. The van der Waals surface area contributed by atoms with Crippen molar-refractivity contribution in [2.75, 3.05) is 7.11 Å². The molecule has 3 rings (SSSR count). The lowest BCUT2D eigenvalue weighted by atomic mass is 9.79. The molecule has 1 atom stereocenters. The van der Waals surface area contributed by atoms with E-state index in [-0.39, 0.29) is 11.5 Å². The molecule has 0 N–H and O–H groups in total. The molecule has 29 heavy (non-hydrogen) atoms. The summed E-state index contributed by atoms with van der Waals surface area (Å²) in [7, 11) is 1.75. The predicted molar refractivity (Wildman–Crippen MR) is 121 cm³/mol. The molecule has 0 aliphatic carbocycles. The largest absolute Gasteiger partial charge is 0.457 e. The Kier molecular flexibility index (Phi) is 7.11. The summed E-state index contributed by atoms with van der Waals surface area (Å²) in [5.41, 5.74) is 4.07. The van der Waals surface area contributed by atoms with Gasteiger partial charge in [0.05, 0.1) is 6.10 Å². The standard InChI is InChI=1S/C27H32O2/c1-21(28-4)23-15-17-24(18-16-23)27(2,3)19-9-11-22-10-8-14-26(20-22)29-25-12-6-5-7-13-25/h5-8,10,12-18,20-21H,9,11,19H2,1-4H3. The van der Waals surface area contributed by atoms with Gasteiger partial charge >= 0.3 is 0 Å². The van der Waals surface area contributed by atoms with Gasteiger partial charge in [-0.25, -0.2) is 0 Å². The third kappa shape index (κ3) is 5.95. The fraction of sp³-hybridized carbons (Fsp3) is 0.333. The lowest BCUT2D eigenvalue weighted by Gasteiger charge is -2.26. The second kappa shape index (κ2) is 9.76. The van der Waals surface area contributed by atoms with Crippen molar-refractivity contribution in [1.82, 2.24) is 0 Å². The molecule has 2 nitrogen and oxygen atoms in total. The first-order valence-electron chi connectivity index (χ1n) is 10.4. The molecule has 0 spiro atoms. The first-order valence-corrected chi connectivity index (χ1v) is 10.4. The van der Waals surface area contributed by atoms with Gasteiger partial charge in [-0.2, -0.15) is 0 Å². The quantitative estimate of drug-likeness (QED) is 0.378. The van der Waals surface area contributed by atoms with Gasteiger partial charge in [-0.15, -0.1) is 0 Å². The average molecular weight is 389 g/mol. The van der Waals surface area contributed by atoms with Crippen molar-refractivity contribution in [1.29, 1.82) is 0 Å². The molecule has 0 aliphatic rings. The minimum atomic E-state index is 0.137. The number of hydrogen-bond acceptors (Lipinski definition) is 2. The Bertz CT molecular complexity index is 882. The Morgan fingerprint density at radius 1 is 0.828 bits per heavy atom. The molecule has 0 fully saturated rings. The maximum Gasteiger partial charge on any atom is 0.127 e. The van der Waals surface area contributed by atoms with E-state index >= 15 is 0 Å². The highest BCUT2D eigenvalue weighted by Gasteiger charge is 2.20. The first-order chi connectivity index (χ1) is 14.0. The van der Waals surface area contributed by atoms with E-state index in [0.29, 0.717) is 0 Å². The van der Waals surface area contributed by atoms with Crippen LogP contribution in [0.3, 0.4) is 0 Å². The van der Waals surface area contributed by atoms with Gasteiger partial charge in [-0.05, 0) is 72.6 Å². The number of methoxy groups -OCH3 is 1. The van der Waals surface area contributed by atoms with Crippen molar-refractivity contribution in [2.24, 2.45) is 0 Å². The molecular formula is C27H32O2. The molecule has 3 aromatic carbocycles. The van der Waals surface area contributed by atoms with Gasteiger partial charge < -0.3 is 9.47 Å². The molecular weight excluding hydrogens is 356 g/mol. The van der Waals surface area contributed by atoms with E-state index in [4.69, 9.17) is 9.47 Å². The molecule has 0 heterocycles. The molecule has 0 radical (unpaired) electrons. The Labute approximate surface area is 175 Å². The molecule has 0 bridgehead atoms. The molecule has 0 aromatic heterocycles. The van der Waals surface area contributed by atoms with E-state index in [1.165, 1.54) is 16.7 Å². The number of para-hydroxylation sites is 1. The van der Waals surface area contributed by atoms with Crippen molar-refractivity contribution in [3.8, 4) is 11.5 Å². The maximum atomic E-state index is 5.97. The molecule has 0 amide bonds. The number of benzene rings is 3. The summed E-state index contributed by atoms with van der Waals surface area (Å²) in [5.74, 6) is 1.77. The molecule has 2 heteroatoms. The van der Waals surface area contributed by atoms with Crippen LogP contribution in [-0.2, 0) is 16.6 Å². The third-order valence-electron chi connectivity index (χ3n) is 5.66. The summed E-state index contributed by atoms with van der Waals surface area (Å²) in [4.78, 5) is 0. The minimum Gasteiger partial charge on any atom is -0.457 e. The molecule has 0 aliphatic heterocycles. The van der Waals surface area contributed by atoms with Gasteiger partial charge in [-0.1, -0.05) is 68.4 Å². The van der Waals surface area contributed by atoms with Crippen molar-refractivity contribution >= 4 is 0 Å². The summed E-state index contributed by atoms with van der Waals surface area (Å²) < 4.78 is 11.4. The zero-order chi connectivity index (χ0) is 20.7. The van der Waals surface area contributed by atoms with Crippen LogP contribution in [0.2, 0.25) is 0 Å². The third-order valence-corrected chi connectivity index (χ3v) is 5.66. The highest BCUT2D eigenvalue weighted by molar-refractivity contribution is 5.34. The molecule has 3 aromatic rings. The molecule has 152 valence electrons. The topological polar surface area (TPSA) is 18.5 Å². The zero-order valence-corrected chi connectivity index (χ0v) is 18.0. The lowest BCUT2D eigenvalue weighted by Crippen LogP contribution is -2.17. The summed E-state index contributed by atoms with van der Waals surface area (Å²) in [5, 5.41) is 0. The predicted octanol–water partition coefficient (Wildman–Crippen LogP) is 7.49. The van der Waals surface area contributed by atoms with Crippen LogP contribution in [-0.4, -0.2) is 7.11 Å². The summed E-state index contributed by atoms with van der Waals surface area (Å²) in [6, 6.07) is 27.2. The van der Waals surface area contributed by atoms with E-state index in [9.17, 15) is 0 Å². The van der Waals surface area contributed by atoms with Crippen molar-refractivity contribution < 1.29 is 9.47 Å². The molecule has 1 unspecified atom stereocenters. The van der Waals surface area contributed by atoms with Gasteiger partial charge in [0.2, 0.25) is 0 Å². The second-order valence-electron chi connectivity index (χ2n) is 8.30. The van der Waals surface area contributed by atoms with Crippen molar-refractivity contribution in [3.63, 3.8) is 0 Å². The van der Waals surface area contributed by atoms with Crippen LogP contribution < -0.4 is 4.74 Å². The fourth-order valence-electron chi connectivity index (χ4n) is 3.61. The van der Waals surface area contributed by atoms with Gasteiger partial charge in [0.25, 0.3) is 0 Å². The monoisotopic (exact) mass is 388 g/mol. The van der Waals surface area contributed by atoms with Crippen LogP contribution in [0.15, 0.2) is 78.9 Å². The number of rotatable bonds is 9. The SMILES string of the molecule is COC(C)c1ccc(C(C)(C)CCCc2cccc(Oc3ccccc3)c2)cc1. The maximum absolute atomic E-state index is 5.97. The Morgan fingerprint density at radius 2 is 1.52 bits per heavy atom. The van der Waals surface area contributed by atoms with Crippen molar-refractivity contribution in [3.05, 3.63) is 95.6 Å².